The molecule has 1 aliphatic carbocycles. The van der Waals surface area contributed by atoms with E-state index in [4.69, 9.17) is 5.73 Å². The van der Waals surface area contributed by atoms with E-state index in [1.54, 1.807) is 0 Å². The summed E-state index contributed by atoms with van der Waals surface area (Å²) < 4.78 is 0. The Kier molecular flexibility index (Phi) is 5.64. The van der Waals surface area contributed by atoms with E-state index in [-0.39, 0.29) is 11.3 Å². The molecule has 4 nitrogen and oxygen atoms in total. The number of carbonyl (C=O) groups is 1. The van der Waals surface area contributed by atoms with Gasteiger partial charge in [0, 0.05) is 19.5 Å². The molecule has 0 bridgehead atoms. The Morgan fingerprint density at radius 1 is 1.11 bits per heavy atom. The fraction of sp³-hybridized carbons (Fsp3) is 0.933. The lowest BCUT2D eigenvalue weighted by atomic mass is 9.66. The van der Waals surface area contributed by atoms with Crippen LogP contribution in [0.25, 0.3) is 0 Å². The van der Waals surface area contributed by atoms with Crippen LogP contribution in [-0.4, -0.2) is 43.5 Å². The Balaban J connectivity index is 1.60. The van der Waals surface area contributed by atoms with Crippen LogP contribution in [0.5, 0.6) is 0 Å². The molecule has 0 aromatic carbocycles. The third kappa shape index (κ3) is 4.46. The standard InChI is InChI=1S/C15H29N3O/c16-13-15(6-5-7-15)12-14(19)17-8-11-18-9-3-1-2-4-10-18/h1-13,16H2,(H,17,19). The predicted octanol–water partition coefficient (Wildman–Crippen LogP) is 1.50. The molecule has 1 saturated heterocycles. The second-order valence-electron chi connectivity index (χ2n) is 6.34. The van der Waals surface area contributed by atoms with Crippen molar-refractivity contribution in [3.8, 4) is 0 Å². The van der Waals surface area contributed by atoms with Crippen molar-refractivity contribution >= 4 is 5.91 Å². The van der Waals surface area contributed by atoms with Gasteiger partial charge in [-0.2, -0.15) is 0 Å². The molecular weight excluding hydrogens is 238 g/mol. The van der Waals surface area contributed by atoms with Crippen LogP contribution in [0.15, 0.2) is 0 Å². The van der Waals surface area contributed by atoms with Crippen LogP contribution in [0, 0.1) is 5.41 Å². The number of likely N-dealkylation sites (tertiary alicyclic amines) is 1. The zero-order chi connectivity index (χ0) is 13.6. The maximum absolute atomic E-state index is 11.9. The van der Waals surface area contributed by atoms with Gasteiger partial charge >= 0.3 is 0 Å². The van der Waals surface area contributed by atoms with Crippen molar-refractivity contribution in [1.82, 2.24) is 10.2 Å². The van der Waals surface area contributed by atoms with Gasteiger partial charge in [0.2, 0.25) is 5.91 Å². The Morgan fingerprint density at radius 3 is 2.32 bits per heavy atom. The second-order valence-corrected chi connectivity index (χ2v) is 6.34. The van der Waals surface area contributed by atoms with Crippen LogP contribution < -0.4 is 11.1 Å². The van der Waals surface area contributed by atoms with Crippen molar-refractivity contribution in [2.45, 2.75) is 51.4 Å². The zero-order valence-electron chi connectivity index (χ0n) is 12.1. The van der Waals surface area contributed by atoms with Crippen molar-refractivity contribution < 1.29 is 4.79 Å². The van der Waals surface area contributed by atoms with Crippen molar-refractivity contribution in [2.24, 2.45) is 11.1 Å². The minimum atomic E-state index is 0.132. The third-order valence-electron chi connectivity index (χ3n) is 4.83. The number of hydrogen-bond acceptors (Lipinski definition) is 3. The quantitative estimate of drug-likeness (QED) is 0.767. The first-order chi connectivity index (χ1) is 9.24. The number of nitrogens with one attached hydrogen (secondary N) is 1. The molecule has 3 N–H and O–H groups in total. The monoisotopic (exact) mass is 267 g/mol. The van der Waals surface area contributed by atoms with E-state index >= 15 is 0 Å². The molecule has 0 spiro atoms. The molecule has 2 rings (SSSR count). The summed E-state index contributed by atoms with van der Waals surface area (Å²) in [6, 6.07) is 0. The molecule has 110 valence electrons. The van der Waals surface area contributed by atoms with Gasteiger partial charge in [-0.05, 0) is 50.7 Å². The number of rotatable bonds is 6. The highest BCUT2D eigenvalue weighted by Crippen LogP contribution is 2.42. The van der Waals surface area contributed by atoms with Gasteiger partial charge < -0.3 is 16.0 Å². The minimum Gasteiger partial charge on any atom is -0.355 e. The first-order valence-corrected chi connectivity index (χ1v) is 7.93. The van der Waals surface area contributed by atoms with Crippen molar-refractivity contribution in [3.05, 3.63) is 0 Å². The fourth-order valence-corrected chi connectivity index (χ4v) is 3.25. The first-order valence-electron chi connectivity index (χ1n) is 7.93. The number of nitrogens with zero attached hydrogens (tertiary/aromatic N) is 1. The summed E-state index contributed by atoms with van der Waals surface area (Å²) in [6.45, 7) is 4.85. The molecule has 4 heteroatoms. The van der Waals surface area contributed by atoms with Crippen molar-refractivity contribution in [1.29, 1.82) is 0 Å². The molecule has 1 amide bonds. The smallest absolute Gasteiger partial charge is 0.220 e. The average Bonchev–Trinajstić information content (AvgIpc) is 2.62. The lowest BCUT2D eigenvalue weighted by Gasteiger charge is -2.40. The molecular formula is C15H29N3O. The van der Waals surface area contributed by atoms with Crippen molar-refractivity contribution in [3.63, 3.8) is 0 Å². The minimum absolute atomic E-state index is 0.132. The van der Waals surface area contributed by atoms with Crippen molar-refractivity contribution in [2.75, 3.05) is 32.7 Å². The Bertz CT molecular complexity index is 276. The van der Waals surface area contributed by atoms with Gasteiger partial charge in [-0.3, -0.25) is 4.79 Å². The van der Waals surface area contributed by atoms with E-state index in [0.29, 0.717) is 13.0 Å². The van der Waals surface area contributed by atoms with Crippen LogP contribution in [-0.2, 0) is 4.79 Å². The maximum atomic E-state index is 11.9. The summed E-state index contributed by atoms with van der Waals surface area (Å²) in [5, 5.41) is 3.07. The molecule has 0 aromatic heterocycles. The molecule has 0 aromatic rings. The number of hydrogen-bond donors (Lipinski definition) is 2. The van der Waals surface area contributed by atoms with Crippen LogP contribution >= 0.6 is 0 Å². The lowest BCUT2D eigenvalue weighted by molar-refractivity contribution is -0.124. The summed E-state index contributed by atoms with van der Waals surface area (Å²) in [6.07, 6.45) is 9.46. The van der Waals surface area contributed by atoms with E-state index in [1.165, 1.54) is 45.2 Å². The molecule has 1 saturated carbocycles. The van der Waals surface area contributed by atoms with E-state index in [1.807, 2.05) is 0 Å². The average molecular weight is 267 g/mol. The summed E-state index contributed by atoms with van der Waals surface area (Å²) in [5.74, 6) is 0.194. The summed E-state index contributed by atoms with van der Waals surface area (Å²) >= 11 is 0. The van der Waals surface area contributed by atoms with Gasteiger partial charge in [-0.15, -0.1) is 0 Å². The van der Waals surface area contributed by atoms with Gasteiger partial charge in [0.1, 0.15) is 0 Å². The first kappa shape index (κ1) is 14.8. The Labute approximate surface area is 117 Å². The summed E-state index contributed by atoms with van der Waals surface area (Å²) in [4.78, 5) is 14.4. The number of amides is 1. The lowest BCUT2D eigenvalue weighted by Crippen LogP contribution is -2.43. The summed E-state index contributed by atoms with van der Waals surface area (Å²) in [7, 11) is 0. The van der Waals surface area contributed by atoms with Crippen LogP contribution in [0.2, 0.25) is 0 Å². The molecule has 1 heterocycles. The molecule has 0 atom stereocenters. The topological polar surface area (TPSA) is 58.4 Å². The molecule has 2 aliphatic rings. The van der Waals surface area contributed by atoms with E-state index in [0.717, 1.165) is 25.9 Å². The van der Waals surface area contributed by atoms with Gasteiger partial charge in [-0.1, -0.05) is 19.3 Å². The van der Waals surface area contributed by atoms with E-state index < -0.39 is 0 Å². The van der Waals surface area contributed by atoms with Crippen LogP contribution in [0.4, 0.5) is 0 Å². The SMILES string of the molecule is NCC1(CC(=O)NCCN2CCCCCC2)CCC1. The molecule has 1 aliphatic heterocycles. The normalized spacial score (nSPS) is 23.4. The highest BCUT2D eigenvalue weighted by atomic mass is 16.1. The van der Waals surface area contributed by atoms with Gasteiger partial charge in [0.25, 0.3) is 0 Å². The maximum Gasteiger partial charge on any atom is 0.220 e. The number of nitrogens with two attached hydrogens (primary N) is 1. The highest BCUT2D eigenvalue weighted by Gasteiger charge is 2.37. The molecule has 19 heavy (non-hydrogen) atoms. The molecule has 2 fully saturated rings. The predicted molar refractivity (Wildman–Crippen MR) is 77.9 cm³/mol. The second kappa shape index (κ2) is 7.25. The third-order valence-corrected chi connectivity index (χ3v) is 4.83. The number of carbonyl (C=O) groups excluding carboxylic acids is 1. The Morgan fingerprint density at radius 2 is 1.79 bits per heavy atom. The van der Waals surface area contributed by atoms with E-state index in [2.05, 4.69) is 10.2 Å². The molecule has 0 unspecified atom stereocenters. The molecule has 0 radical (unpaired) electrons. The fourth-order valence-electron chi connectivity index (χ4n) is 3.25. The van der Waals surface area contributed by atoms with Crippen LogP contribution in [0.3, 0.4) is 0 Å². The van der Waals surface area contributed by atoms with E-state index in [9.17, 15) is 4.79 Å². The zero-order valence-corrected chi connectivity index (χ0v) is 12.1. The largest absolute Gasteiger partial charge is 0.355 e. The Hall–Kier alpha value is -0.610. The van der Waals surface area contributed by atoms with Crippen LogP contribution in [0.1, 0.15) is 51.4 Å². The van der Waals surface area contributed by atoms with Gasteiger partial charge in [-0.25, -0.2) is 0 Å². The van der Waals surface area contributed by atoms with Gasteiger partial charge in [0.05, 0.1) is 0 Å². The summed E-state index contributed by atoms with van der Waals surface area (Å²) in [5.41, 5.74) is 5.92. The van der Waals surface area contributed by atoms with Gasteiger partial charge in [0.15, 0.2) is 0 Å². The highest BCUT2D eigenvalue weighted by molar-refractivity contribution is 5.76.